The van der Waals surface area contributed by atoms with Crippen LogP contribution in [-0.4, -0.2) is 20.2 Å². The lowest BCUT2D eigenvalue weighted by Crippen LogP contribution is -1.95. The van der Waals surface area contributed by atoms with Crippen LogP contribution in [0.3, 0.4) is 0 Å². The molecule has 0 aliphatic rings. The minimum absolute atomic E-state index is 0.531. The van der Waals surface area contributed by atoms with Crippen molar-refractivity contribution in [2.45, 2.75) is 29.1 Å². The smallest absolute Gasteiger partial charge is 0.180 e. The van der Waals surface area contributed by atoms with Gasteiger partial charge in [0.1, 0.15) is 22.0 Å². The van der Waals surface area contributed by atoms with Crippen molar-refractivity contribution >= 4 is 34.7 Å². The Morgan fingerprint density at radius 2 is 2.31 bits per heavy atom. The van der Waals surface area contributed by atoms with Crippen LogP contribution in [0.25, 0.3) is 0 Å². The molecule has 16 heavy (non-hydrogen) atoms. The molecule has 0 saturated carbocycles. The molecular formula is C9H9ClN4S2. The summed E-state index contributed by atoms with van der Waals surface area (Å²) in [5.41, 5.74) is 2.69. The Balaban J connectivity index is 2.29. The molecule has 84 valence electrons. The molecule has 0 aromatic carbocycles. The van der Waals surface area contributed by atoms with E-state index >= 15 is 0 Å². The maximum absolute atomic E-state index is 6.05. The Hall–Kier alpha value is -0.720. The average Bonchev–Trinajstić information content (AvgIpc) is 2.76. The highest BCUT2D eigenvalue weighted by Gasteiger charge is 2.11. The van der Waals surface area contributed by atoms with Gasteiger partial charge in [-0.05, 0) is 18.2 Å². The van der Waals surface area contributed by atoms with Crippen LogP contribution in [0.1, 0.15) is 18.9 Å². The standard InChI is InChI=1S/C9H9ClN4S2/c1-2-3-6-7(10)11-4-12-8(6)16-9-14-13-5-15-9/h4-5H,2-3H2,1H3. The number of nitrogens with zero attached hydrogens (tertiary/aromatic N) is 4. The SMILES string of the molecule is CCCc1c(Cl)ncnc1Sc1nncs1. The zero-order valence-electron chi connectivity index (χ0n) is 8.55. The van der Waals surface area contributed by atoms with Gasteiger partial charge in [-0.15, -0.1) is 10.2 Å². The summed E-state index contributed by atoms with van der Waals surface area (Å²) >= 11 is 9.02. The van der Waals surface area contributed by atoms with Gasteiger partial charge in [-0.3, -0.25) is 0 Å². The van der Waals surface area contributed by atoms with Crippen LogP contribution in [0.15, 0.2) is 21.2 Å². The molecule has 0 unspecified atom stereocenters. The lowest BCUT2D eigenvalue weighted by molar-refractivity contribution is 0.855. The second-order valence-corrected chi connectivity index (χ2v) is 5.43. The minimum Gasteiger partial charge on any atom is -0.229 e. The summed E-state index contributed by atoms with van der Waals surface area (Å²) in [7, 11) is 0. The predicted molar refractivity (Wildman–Crippen MR) is 65.1 cm³/mol. The van der Waals surface area contributed by atoms with Crippen molar-refractivity contribution in [3.63, 3.8) is 0 Å². The van der Waals surface area contributed by atoms with Crippen molar-refractivity contribution in [3.8, 4) is 0 Å². The molecular weight excluding hydrogens is 264 g/mol. The normalized spacial score (nSPS) is 10.6. The Morgan fingerprint density at radius 3 is 3.00 bits per heavy atom. The third-order valence-corrected chi connectivity index (χ3v) is 4.03. The van der Waals surface area contributed by atoms with E-state index in [2.05, 4.69) is 27.1 Å². The quantitative estimate of drug-likeness (QED) is 0.801. The number of hydrogen-bond donors (Lipinski definition) is 0. The topological polar surface area (TPSA) is 51.6 Å². The maximum Gasteiger partial charge on any atom is 0.180 e. The molecule has 0 atom stereocenters. The van der Waals surface area contributed by atoms with Crippen LogP contribution in [0.4, 0.5) is 0 Å². The summed E-state index contributed by atoms with van der Waals surface area (Å²) in [6.45, 7) is 2.10. The molecule has 2 rings (SSSR count). The Bertz CT molecular complexity index is 461. The summed E-state index contributed by atoms with van der Waals surface area (Å²) < 4.78 is 0.868. The van der Waals surface area contributed by atoms with Crippen LogP contribution in [-0.2, 0) is 6.42 Å². The molecule has 0 N–H and O–H groups in total. The first-order chi connectivity index (χ1) is 7.81. The molecule has 0 saturated heterocycles. The second-order valence-electron chi connectivity index (χ2n) is 3.00. The molecule has 0 fully saturated rings. The monoisotopic (exact) mass is 272 g/mol. The van der Waals surface area contributed by atoms with Crippen molar-refractivity contribution in [1.29, 1.82) is 0 Å². The first kappa shape index (κ1) is 11.8. The lowest BCUT2D eigenvalue weighted by Gasteiger charge is -2.05. The number of aromatic nitrogens is 4. The van der Waals surface area contributed by atoms with Gasteiger partial charge in [0.25, 0.3) is 0 Å². The molecule has 0 amide bonds. The lowest BCUT2D eigenvalue weighted by atomic mass is 10.2. The van der Waals surface area contributed by atoms with E-state index < -0.39 is 0 Å². The Kier molecular flexibility index (Phi) is 4.09. The van der Waals surface area contributed by atoms with Crippen molar-refractivity contribution in [1.82, 2.24) is 20.2 Å². The molecule has 2 aromatic heterocycles. The first-order valence-electron chi connectivity index (χ1n) is 4.74. The van der Waals surface area contributed by atoms with Gasteiger partial charge in [-0.1, -0.05) is 36.3 Å². The molecule has 0 bridgehead atoms. The van der Waals surface area contributed by atoms with Crippen LogP contribution in [0.5, 0.6) is 0 Å². The second kappa shape index (κ2) is 5.56. The third-order valence-electron chi connectivity index (χ3n) is 1.88. The van der Waals surface area contributed by atoms with Gasteiger partial charge in [0, 0.05) is 5.56 Å². The highest BCUT2D eigenvalue weighted by atomic mass is 35.5. The van der Waals surface area contributed by atoms with E-state index in [1.165, 1.54) is 29.4 Å². The summed E-state index contributed by atoms with van der Waals surface area (Å²) in [4.78, 5) is 8.24. The fourth-order valence-electron chi connectivity index (χ4n) is 1.21. The highest BCUT2D eigenvalue weighted by molar-refractivity contribution is 8.01. The Labute approximate surface area is 106 Å². The van der Waals surface area contributed by atoms with E-state index in [1.807, 2.05) is 0 Å². The van der Waals surface area contributed by atoms with Gasteiger partial charge in [-0.25, -0.2) is 9.97 Å². The molecule has 7 heteroatoms. The average molecular weight is 273 g/mol. The zero-order valence-corrected chi connectivity index (χ0v) is 10.9. The van der Waals surface area contributed by atoms with Crippen LogP contribution >= 0.6 is 34.7 Å². The molecule has 0 radical (unpaired) electrons. The van der Waals surface area contributed by atoms with Crippen molar-refractivity contribution < 1.29 is 0 Å². The molecule has 2 aromatic rings. The number of hydrogen-bond acceptors (Lipinski definition) is 6. The Morgan fingerprint density at radius 1 is 1.44 bits per heavy atom. The van der Waals surface area contributed by atoms with E-state index in [0.29, 0.717) is 5.15 Å². The number of rotatable bonds is 4. The summed E-state index contributed by atoms with van der Waals surface area (Å²) in [5.74, 6) is 0. The summed E-state index contributed by atoms with van der Waals surface area (Å²) in [5, 5.41) is 9.16. The van der Waals surface area contributed by atoms with Crippen LogP contribution < -0.4 is 0 Å². The summed E-state index contributed by atoms with van der Waals surface area (Å²) in [6, 6.07) is 0. The predicted octanol–water partition coefficient (Wildman–Crippen LogP) is 3.09. The van der Waals surface area contributed by atoms with E-state index in [1.54, 1.807) is 5.51 Å². The zero-order chi connectivity index (χ0) is 11.4. The molecule has 0 aliphatic heterocycles. The van der Waals surface area contributed by atoms with E-state index in [0.717, 1.165) is 27.8 Å². The molecule has 4 nitrogen and oxygen atoms in total. The van der Waals surface area contributed by atoms with Crippen molar-refractivity contribution in [2.75, 3.05) is 0 Å². The van der Waals surface area contributed by atoms with Gasteiger partial charge >= 0.3 is 0 Å². The largest absolute Gasteiger partial charge is 0.229 e. The van der Waals surface area contributed by atoms with Crippen LogP contribution in [0.2, 0.25) is 5.15 Å². The fraction of sp³-hybridized carbons (Fsp3) is 0.333. The van der Waals surface area contributed by atoms with E-state index in [9.17, 15) is 0 Å². The van der Waals surface area contributed by atoms with Crippen molar-refractivity contribution in [3.05, 3.63) is 22.6 Å². The molecule has 0 aliphatic carbocycles. The van der Waals surface area contributed by atoms with Gasteiger partial charge in [0.05, 0.1) is 0 Å². The van der Waals surface area contributed by atoms with Gasteiger partial charge in [-0.2, -0.15) is 0 Å². The fourth-order valence-corrected chi connectivity index (χ4v) is 3.01. The van der Waals surface area contributed by atoms with Gasteiger partial charge < -0.3 is 0 Å². The van der Waals surface area contributed by atoms with Gasteiger partial charge in [0.15, 0.2) is 4.34 Å². The first-order valence-corrected chi connectivity index (χ1v) is 6.82. The third kappa shape index (κ3) is 2.69. The maximum atomic E-state index is 6.05. The van der Waals surface area contributed by atoms with Crippen molar-refractivity contribution in [2.24, 2.45) is 0 Å². The molecule has 0 spiro atoms. The van der Waals surface area contributed by atoms with E-state index in [-0.39, 0.29) is 0 Å². The minimum atomic E-state index is 0.531. The highest BCUT2D eigenvalue weighted by Crippen LogP contribution is 2.32. The van der Waals surface area contributed by atoms with E-state index in [4.69, 9.17) is 11.6 Å². The molecule has 2 heterocycles. The summed E-state index contributed by atoms with van der Waals surface area (Å²) in [6.07, 6.45) is 3.36. The van der Waals surface area contributed by atoms with Gasteiger partial charge in [0.2, 0.25) is 0 Å². The number of halogens is 1. The van der Waals surface area contributed by atoms with Crippen LogP contribution in [0, 0.1) is 0 Å².